The molecule has 1 aromatic rings. The number of hydrogen-bond acceptors (Lipinski definition) is 7. The number of hydrogen-bond donors (Lipinski definition) is 3. The molecule has 0 aliphatic carbocycles. The Kier molecular flexibility index (Phi) is 3.23. The molecule has 0 saturated carbocycles. The van der Waals surface area contributed by atoms with Crippen LogP contribution in [0.25, 0.3) is 0 Å². The van der Waals surface area contributed by atoms with E-state index in [1.54, 1.807) is 0 Å². The Labute approximate surface area is 106 Å². The first-order valence-corrected chi connectivity index (χ1v) is 5.32. The molecule has 8 nitrogen and oxygen atoms in total. The number of aliphatic hydroxyl groups is 2. The Morgan fingerprint density at radius 3 is 2.89 bits per heavy atom. The fourth-order valence-electron chi connectivity index (χ4n) is 1.85. The molecule has 1 aromatic heterocycles. The molecular weight excluding hydrogens is 259 g/mol. The SMILES string of the molecule is N#CC1(CO)OC(n2ccc(N)nc2=O)C(F)C1O. The molecule has 0 amide bonds. The minimum Gasteiger partial charge on any atom is -0.392 e. The molecule has 1 aliphatic rings. The maximum atomic E-state index is 14.0. The first kappa shape index (κ1) is 13.4. The molecule has 4 atom stereocenters. The van der Waals surface area contributed by atoms with Gasteiger partial charge >= 0.3 is 5.69 Å². The molecule has 102 valence electrons. The molecular formula is C10H11FN4O4. The highest BCUT2D eigenvalue weighted by atomic mass is 19.1. The van der Waals surface area contributed by atoms with E-state index in [4.69, 9.17) is 20.8 Å². The van der Waals surface area contributed by atoms with Crippen molar-refractivity contribution in [3.8, 4) is 6.07 Å². The van der Waals surface area contributed by atoms with Gasteiger partial charge in [-0.3, -0.25) is 4.57 Å². The molecule has 2 heterocycles. The van der Waals surface area contributed by atoms with Crippen molar-refractivity contribution in [1.82, 2.24) is 9.55 Å². The number of aromatic nitrogens is 2. The summed E-state index contributed by atoms with van der Waals surface area (Å²) in [5, 5.41) is 27.6. The number of alkyl halides is 1. The van der Waals surface area contributed by atoms with Crippen molar-refractivity contribution in [2.24, 2.45) is 0 Å². The molecule has 0 bridgehead atoms. The van der Waals surface area contributed by atoms with Gasteiger partial charge in [0.15, 0.2) is 12.4 Å². The van der Waals surface area contributed by atoms with E-state index < -0.39 is 36.4 Å². The third-order valence-electron chi connectivity index (χ3n) is 2.93. The Hall–Kier alpha value is -2.02. The maximum Gasteiger partial charge on any atom is 0.351 e. The van der Waals surface area contributed by atoms with E-state index in [-0.39, 0.29) is 5.82 Å². The molecule has 0 radical (unpaired) electrons. The highest BCUT2D eigenvalue weighted by Crippen LogP contribution is 2.37. The van der Waals surface area contributed by atoms with Crippen LogP contribution in [0.3, 0.4) is 0 Å². The Morgan fingerprint density at radius 1 is 1.74 bits per heavy atom. The van der Waals surface area contributed by atoms with E-state index in [2.05, 4.69) is 4.98 Å². The van der Waals surface area contributed by atoms with Crippen LogP contribution in [0.1, 0.15) is 6.23 Å². The number of nitrogens with two attached hydrogens (primary N) is 1. The number of ether oxygens (including phenoxy) is 1. The van der Waals surface area contributed by atoms with E-state index >= 15 is 0 Å². The van der Waals surface area contributed by atoms with Crippen LogP contribution in [-0.4, -0.2) is 44.2 Å². The van der Waals surface area contributed by atoms with Crippen molar-refractivity contribution in [3.05, 3.63) is 22.7 Å². The monoisotopic (exact) mass is 270 g/mol. The summed E-state index contributed by atoms with van der Waals surface area (Å²) in [6, 6.07) is 2.76. The van der Waals surface area contributed by atoms with Crippen molar-refractivity contribution in [2.75, 3.05) is 12.3 Å². The second-order valence-electron chi connectivity index (χ2n) is 4.10. The van der Waals surface area contributed by atoms with Crippen LogP contribution < -0.4 is 11.4 Å². The van der Waals surface area contributed by atoms with Crippen molar-refractivity contribution in [2.45, 2.75) is 24.1 Å². The molecule has 0 aromatic carbocycles. The lowest BCUT2D eigenvalue weighted by atomic mass is 9.99. The average Bonchev–Trinajstić information content (AvgIpc) is 2.64. The predicted octanol–water partition coefficient (Wildman–Crippen LogP) is -1.69. The quantitative estimate of drug-likeness (QED) is 0.583. The topological polar surface area (TPSA) is 134 Å². The number of nitriles is 1. The van der Waals surface area contributed by atoms with Crippen LogP contribution in [0.5, 0.6) is 0 Å². The van der Waals surface area contributed by atoms with Gasteiger partial charge in [0.25, 0.3) is 0 Å². The Bertz CT molecular complexity index is 586. The molecule has 1 fully saturated rings. The summed E-state index contributed by atoms with van der Waals surface area (Å²) < 4.78 is 19.7. The number of nitrogen functional groups attached to an aromatic ring is 1. The minimum atomic E-state index is -2.11. The molecule has 4 unspecified atom stereocenters. The number of rotatable bonds is 2. The maximum absolute atomic E-state index is 14.0. The summed E-state index contributed by atoms with van der Waals surface area (Å²) >= 11 is 0. The second kappa shape index (κ2) is 4.58. The third-order valence-corrected chi connectivity index (χ3v) is 2.93. The van der Waals surface area contributed by atoms with Crippen LogP contribution >= 0.6 is 0 Å². The van der Waals surface area contributed by atoms with Gasteiger partial charge < -0.3 is 20.7 Å². The van der Waals surface area contributed by atoms with Crippen molar-refractivity contribution in [1.29, 1.82) is 5.26 Å². The predicted molar refractivity (Wildman–Crippen MR) is 59.4 cm³/mol. The lowest BCUT2D eigenvalue weighted by Crippen LogP contribution is -2.44. The number of anilines is 1. The zero-order valence-electron chi connectivity index (χ0n) is 9.60. The highest BCUT2D eigenvalue weighted by Gasteiger charge is 2.56. The average molecular weight is 270 g/mol. The fraction of sp³-hybridized carbons (Fsp3) is 0.500. The van der Waals surface area contributed by atoms with Gasteiger partial charge in [0, 0.05) is 6.20 Å². The van der Waals surface area contributed by atoms with Crippen molar-refractivity contribution in [3.63, 3.8) is 0 Å². The van der Waals surface area contributed by atoms with Gasteiger partial charge in [-0.2, -0.15) is 10.2 Å². The summed E-state index contributed by atoms with van der Waals surface area (Å²) in [4.78, 5) is 15.0. The van der Waals surface area contributed by atoms with Crippen molar-refractivity contribution >= 4 is 5.82 Å². The molecule has 2 rings (SSSR count). The van der Waals surface area contributed by atoms with Gasteiger partial charge in [-0.1, -0.05) is 0 Å². The summed E-state index contributed by atoms with van der Waals surface area (Å²) in [7, 11) is 0. The molecule has 9 heteroatoms. The van der Waals surface area contributed by atoms with E-state index in [1.165, 1.54) is 12.1 Å². The largest absolute Gasteiger partial charge is 0.392 e. The Morgan fingerprint density at radius 2 is 2.42 bits per heavy atom. The summed E-state index contributed by atoms with van der Waals surface area (Å²) in [5.74, 6) is -0.0519. The Balaban J connectivity index is 2.43. The van der Waals surface area contributed by atoms with E-state index in [9.17, 15) is 14.3 Å². The third kappa shape index (κ3) is 1.95. The van der Waals surface area contributed by atoms with Gasteiger partial charge in [-0.05, 0) is 6.07 Å². The van der Waals surface area contributed by atoms with Crippen LogP contribution in [0.15, 0.2) is 17.1 Å². The van der Waals surface area contributed by atoms with Gasteiger partial charge in [0.2, 0.25) is 5.60 Å². The zero-order valence-corrected chi connectivity index (χ0v) is 9.60. The smallest absolute Gasteiger partial charge is 0.351 e. The molecule has 1 aliphatic heterocycles. The van der Waals surface area contributed by atoms with Crippen LogP contribution in [0.4, 0.5) is 10.2 Å². The first-order valence-electron chi connectivity index (χ1n) is 5.32. The summed E-state index contributed by atoms with van der Waals surface area (Å²) in [6.07, 6.45) is -4.35. The van der Waals surface area contributed by atoms with Gasteiger partial charge in [0.1, 0.15) is 18.0 Å². The van der Waals surface area contributed by atoms with Crippen LogP contribution in [0, 0.1) is 11.3 Å². The van der Waals surface area contributed by atoms with E-state index in [1.807, 2.05) is 0 Å². The lowest BCUT2D eigenvalue weighted by Gasteiger charge is -2.21. The molecule has 19 heavy (non-hydrogen) atoms. The molecule has 0 spiro atoms. The second-order valence-corrected chi connectivity index (χ2v) is 4.10. The normalized spacial score (nSPS) is 34.1. The number of halogens is 1. The summed E-state index contributed by atoms with van der Waals surface area (Å²) in [5.41, 5.74) is 2.30. The van der Waals surface area contributed by atoms with Gasteiger partial charge in [0.05, 0.1) is 6.61 Å². The summed E-state index contributed by atoms with van der Waals surface area (Å²) in [6.45, 7) is -0.904. The highest BCUT2D eigenvalue weighted by molar-refractivity contribution is 5.24. The zero-order chi connectivity index (χ0) is 14.2. The minimum absolute atomic E-state index is 0.0519. The van der Waals surface area contributed by atoms with Crippen LogP contribution in [0.2, 0.25) is 0 Å². The number of nitrogens with zero attached hydrogens (tertiary/aromatic N) is 3. The van der Waals surface area contributed by atoms with Gasteiger partial charge in [-0.15, -0.1) is 0 Å². The van der Waals surface area contributed by atoms with Gasteiger partial charge in [-0.25, -0.2) is 9.18 Å². The first-order chi connectivity index (χ1) is 8.95. The fourth-order valence-corrected chi connectivity index (χ4v) is 1.85. The van der Waals surface area contributed by atoms with E-state index in [0.29, 0.717) is 0 Å². The lowest BCUT2D eigenvalue weighted by molar-refractivity contribution is -0.0935. The van der Waals surface area contributed by atoms with Crippen molar-refractivity contribution < 1.29 is 19.3 Å². The standard InChI is InChI=1S/C10H11FN4O4/c11-6-7(17)10(3-12,4-16)19-8(6)15-2-1-5(13)14-9(15)18/h1-2,6-8,16-17H,4H2,(H2,13,14,18). The number of aliphatic hydroxyl groups excluding tert-OH is 2. The van der Waals surface area contributed by atoms with Crippen LogP contribution in [-0.2, 0) is 4.74 Å². The van der Waals surface area contributed by atoms with E-state index in [0.717, 1.165) is 10.8 Å². The molecule has 4 N–H and O–H groups in total. The molecule has 1 saturated heterocycles.